The smallest absolute Gasteiger partial charge is 0.358 e. The van der Waals surface area contributed by atoms with Crippen molar-refractivity contribution < 1.29 is 9.90 Å². The SMILES string of the molecule is Cc1ncc(-c2cc(C3CC3)cn3cc(Cn4cc(C(=O)O)nn4)nc23)s1. The van der Waals surface area contributed by atoms with Crippen LogP contribution in [0.15, 0.2) is 30.9 Å². The number of hydrogen-bond donors (Lipinski definition) is 1. The molecule has 0 saturated heterocycles. The molecule has 1 saturated carbocycles. The molecule has 4 heterocycles. The number of pyridine rings is 1. The number of carbonyl (C=O) groups is 1. The largest absolute Gasteiger partial charge is 0.476 e. The van der Waals surface area contributed by atoms with Gasteiger partial charge in [-0.15, -0.1) is 16.4 Å². The first-order valence-electron chi connectivity index (χ1n) is 8.64. The first-order chi connectivity index (χ1) is 13.1. The van der Waals surface area contributed by atoms with Crippen LogP contribution in [-0.4, -0.2) is 40.4 Å². The van der Waals surface area contributed by atoms with Crippen LogP contribution in [0.3, 0.4) is 0 Å². The van der Waals surface area contributed by atoms with Crippen LogP contribution in [-0.2, 0) is 6.54 Å². The maximum Gasteiger partial charge on any atom is 0.358 e. The number of thiazole rings is 1. The van der Waals surface area contributed by atoms with E-state index in [0.717, 1.165) is 26.8 Å². The van der Waals surface area contributed by atoms with Gasteiger partial charge >= 0.3 is 5.97 Å². The van der Waals surface area contributed by atoms with Crippen molar-refractivity contribution in [1.29, 1.82) is 0 Å². The monoisotopic (exact) mass is 380 g/mol. The van der Waals surface area contributed by atoms with E-state index in [9.17, 15) is 4.79 Å². The number of carboxylic acid groups (broad SMARTS) is 1. The molecule has 0 atom stereocenters. The molecular formula is C18H16N6O2S. The number of nitrogens with zero attached hydrogens (tertiary/aromatic N) is 6. The molecule has 0 radical (unpaired) electrons. The highest BCUT2D eigenvalue weighted by Gasteiger charge is 2.25. The van der Waals surface area contributed by atoms with Gasteiger partial charge in [0, 0.05) is 24.2 Å². The minimum absolute atomic E-state index is 0.0735. The lowest BCUT2D eigenvalue weighted by Crippen LogP contribution is -2.00. The van der Waals surface area contributed by atoms with E-state index in [1.807, 2.05) is 19.3 Å². The zero-order valence-corrected chi connectivity index (χ0v) is 15.3. The van der Waals surface area contributed by atoms with E-state index in [4.69, 9.17) is 10.1 Å². The Hall–Kier alpha value is -3.07. The maximum atomic E-state index is 11.0. The number of aromatic nitrogens is 6. The summed E-state index contributed by atoms with van der Waals surface area (Å²) in [5.41, 5.74) is 4.00. The van der Waals surface area contributed by atoms with Gasteiger partial charge in [0.2, 0.25) is 0 Å². The van der Waals surface area contributed by atoms with Gasteiger partial charge in [-0.25, -0.2) is 19.4 Å². The van der Waals surface area contributed by atoms with Crippen LogP contribution in [0.1, 0.15) is 45.5 Å². The van der Waals surface area contributed by atoms with Crippen LogP contribution < -0.4 is 0 Å². The first kappa shape index (κ1) is 16.1. The third-order valence-corrected chi connectivity index (χ3v) is 5.59. The van der Waals surface area contributed by atoms with Gasteiger partial charge in [0.25, 0.3) is 0 Å². The van der Waals surface area contributed by atoms with Crippen molar-refractivity contribution in [3.63, 3.8) is 0 Å². The highest BCUT2D eigenvalue weighted by Crippen LogP contribution is 2.42. The molecule has 4 aromatic rings. The third kappa shape index (κ3) is 2.99. The number of imidazole rings is 1. The van der Waals surface area contributed by atoms with Crippen LogP contribution >= 0.6 is 11.3 Å². The number of hydrogen-bond acceptors (Lipinski definition) is 6. The molecule has 136 valence electrons. The van der Waals surface area contributed by atoms with Gasteiger partial charge in [-0.05, 0) is 37.3 Å². The third-order valence-electron chi connectivity index (χ3n) is 4.64. The topological polar surface area (TPSA) is 98.2 Å². The fourth-order valence-corrected chi connectivity index (χ4v) is 3.98. The molecule has 27 heavy (non-hydrogen) atoms. The zero-order valence-electron chi connectivity index (χ0n) is 14.5. The average molecular weight is 380 g/mol. The van der Waals surface area contributed by atoms with E-state index in [2.05, 4.69) is 32.0 Å². The summed E-state index contributed by atoms with van der Waals surface area (Å²) in [6, 6.07) is 2.23. The molecule has 0 aromatic carbocycles. The van der Waals surface area contributed by atoms with Gasteiger partial charge in [0.15, 0.2) is 5.69 Å². The Labute approximate surface area is 158 Å². The summed E-state index contributed by atoms with van der Waals surface area (Å²) in [4.78, 5) is 21.2. The molecule has 1 aliphatic carbocycles. The van der Waals surface area contributed by atoms with E-state index < -0.39 is 5.97 Å². The highest BCUT2D eigenvalue weighted by atomic mass is 32.1. The molecule has 0 spiro atoms. The Morgan fingerprint density at radius 2 is 2.19 bits per heavy atom. The Balaban J connectivity index is 1.58. The molecule has 9 heteroatoms. The molecule has 0 bridgehead atoms. The summed E-state index contributed by atoms with van der Waals surface area (Å²) in [6.07, 6.45) is 9.88. The van der Waals surface area contributed by atoms with E-state index >= 15 is 0 Å². The number of aromatic carboxylic acids is 1. The lowest BCUT2D eigenvalue weighted by molar-refractivity contribution is 0.0690. The summed E-state index contributed by atoms with van der Waals surface area (Å²) in [5.74, 6) is -0.463. The Morgan fingerprint density at radius 3 is 2.85 bits per heavy atom. The second-order valence-electron chi connectivity index (χ2n) is 6.77. The predicted molar refractivity (Wildman–Crippen MR) is 99.1 cm³/mol. The summed E-state index contributed by atoms with van der Waals surface area (Å²) >= 11 is 1.66. The van der Waals surface area contributed by atoms with Gasteiger partial charge in [0.1, 0.15) is 5.65 Å². The number of carboxylic acids is 1. The van der Waals surface area contributed by atoms with Crippen LogP contribution in [0.4, 0.5) is 0 Å². The van der Waals surface area contributed by atoms with E-state index in [0.29, 0.717) is 12.5 Å². The minimum Gasteiger partial charge on any atom is -0.476 e. The van der Waals surface area contributed by atoms with Gasteiger partial charge in [-0.1, -0.05) is 5.21 Å². The summed E-state index contributed by atoms with van der Waals surface area (Å²) in [6.45, 7) is 2.36. The number of aryl methyl sites for hydroxylation is 1. The van der Waals surface area contributed by atoms with Crippen LogP contribution in [0.25, 0.3) is 16.1 Å². The van der Waals surface area contributed by atoms with Crippen molar-refractivity contribution in [2.75, 3.05) is 0 Å². The average Bonchev–Trinajstić information content (AvgIpc) is 3.02. The van der Waals surface area contributed by atoms with Gasteiger partial charge in [0.05, 0.1) is 28.3 Å². The number of fused-ring (bicyclic) bond motifs is 1. The normalized spacial score (nSPS) is 14.1. The van der Waals surface area contributed by atoms with Crippen LogP contribution in [0.5, 0.6) is 0 Å². The van der Waals surface area contributed by atoms with Crippen LogP contribution in [0.2, 0.25) is 0 Å². The molecule has 8 nitrogen and oxygen atoms in total. The molecule has 0 aliphatic heterocycles. The standard InChI is InChI=1S/C18H16N6O2S/c1-10-19-5-16(27-10)14-4-12(11-2-3-11)6-23-7-13(20-17(14)23)8-24-9-15(18(25)26)21-22-24/h4-7,9,11H,2-3,8H2,1H3,(H,25,26). The Bertz CT molecular complexity index is 1170. The molecule has 0 amide bonds. The van der Waals surface area contributed by atoms with Crippen molar-refractivity contribution in [3.8, 4) is 10.4 Å². The van der Waals surface area contributed by atoms with Crippen molar-refractivity contribution >= 4 is 23.0 Å². The molecular weight excluding hydrogens is 364 g/mol. The second-order valence-corrected chi connectivity index (χ2v) is 8.01. The molecule has 1 fully saturated rings. The fourth-order valence-electron chi connectivity index (χ4n) is 3.19. The summed E-state index contributed by atoms with van der Waals surface area (Å²) in [7, 11) is 0. The molecule has 1 N–H and O–H groups in total. The maximum absolute atomic E-state index is 11.0. The second kappa shape index (κ2) is 5.98. The van der Waals surface area contributed by atoms with E-state index in [1.165, 1.54) is 29.3 Å². The Kier molecular flexibility index (Phi) is 3.57. The fraction of sp³-hybridized carbons (Fsp3) is 0.278. The predicted octanol–water partition coefficient (Wildman–Crippen LogP) is 2.98. The minimum atomic E-state index is -1.09. The first-order valence-corrected chi connectivity index (χ1v) is 9.46. The van der Waals surface area contributed by atoms with Crippen molar-refractivity contribution in [1.82, 2.24) is 29.4 Å². The number of rotatable bonds is 5. The van der Waals surface area contributed by atoms with Crippen molar-refractivity contribution in [2.24, 2.45) is 0 Å². The summed E-state index contributed by atoms with van der Waals surface area (Å²) in [5, 5.41) is 17.5. The van der Waals surface area contributed by atoms with Crippen LogP contribution in [0, 0.1) is 6.92 Å². The van der Waals surface area contributed by atoms with Crippen molar-refractivity contribution in [3.05, 3.63) is 52.8 Å². The summed E-state index contributed by atoms with van der Waals surface area (Å²) < 4.78 is 3.55. The van der Waals surface area contributed by atoms with Gasteiger partial charge in [-0.3, -0.25) is 0 Å². The lowest BCUT2D eigenvalue weighted by atomic mass is 10.1. The molecule has 0 unspecified atom stereocenters. The Morgan fingerprint density at radius 1 is 1.33 bits per heavy atom. The molecule has 1 aliphatic rings. The van der Waals surface area contributed by atoms with Gasteiger partial charge in [-0.2, -0.15) is 0 Å². The van der Waals surface area contributed by atoms with Crippen molar-refractivity contribution in [2.45, 2.75) is 32.2 Å². The highest BCUT2D eigenvalue weighted by molar-refractivity contribution is 7.15. The zero-order chi connectivity index (χ0) is 18.5. The molecule has 4 aromatic heterocycles. The quantitative estimate of drug-likeness (QED) is 0.571. The lowest BCUT2D eigenvalue weighted by Gasteiger charge is -2.05. The van der Waals surface area contributed by atoms with E-state index in [-0.39, 0.29) is 5.69 Å². The van der Waals surface area contributed by atoms with E-state index in [1.54, 1.807) is 11.3 Å². The van der Waals surface area contributed by atoms with Gasteiger partial charge < -0.3 is 9.51 Å². The molecule has 5 rings (SSSR count).